The van der Waals surface area contributed by atoms with Crippen LogP contribution in [0.15, 0.2) is 42.5 Å². The number of rotatable bonds is 5. The van der Waals surface area contributed by atoms with E-state index >= 15 is 0 Å². The van der Waals surface area contributed by atoms with Crippen LogP contribution in [-0.4, -0.2) is 29.5 Å². The number of halogens is 2. The molecule has 2 aromatic carbocycles. The van der Waals surface area contributed by atoms with E-state index in [9.17, 15) is 4.39 Å². The summed E-state index contributed by atoms with van der Waals surface area (Å²) in [4.78, 5) is 2.45. The van der Waals surface area contributed by atoms with E-state index in [0.717, 1.165) is 25.4 Å². The lowest BCUT2D eigenvalue weighted by Crippen LogP contribution is -2.31. The Morgan fingerprint density at radius 2 is 1.91 bits per heavy atom. The summed E-state index contributed by atoms with van der Waals surface area (Å²) in [6, 6.07) is 12.7. The predicted octanol–water partition coefficient (Wildman–Crippen LogP) is 4.61. The molecule has 23 heavy (non-hydrogen) atoms. The predicted molar refractivity (Wildman–Crippen MR) is 94.8 cm³/mol. The molecule has 1 heterocycles. The van der Waals surface area contributed by atoms with Crippen molar-refractivity contribution in [1.82, 2.24) is 4.90 Å². The summed E-state index contributed by atoms with van der Waals surface area (Å²) >= 11 is 8.03. The molecule has 3 rings (SSSR count). The third-order valence-electron chi connectivity index (χ3n) is 3.85. The Balaban J connectivity index is 1.63. The highest BCUT2D eigenvalue weighted by Gasteiger charge is 2.11. The molecule has 0 atom stereocenters. The van der Waals surface area contributed by atoms with E-state index in [1.165, 1.54) is 23.1 Å². The Morgan fingerprint density at radius 1 is 1.13 bits per heavy atom. The van der Waals surface area contributed by atoms with Crippen LogP contribution in [0.1, 0.15) is 11.1 Å². The fraction of sp³-hybridized carbons (Fsp3) is 0.333. The molecule has 1 saturated heterocycles. The van der Waals surface area contributed by atoms with Gasteiger partial charge in [-0.15, -0.1) is 0 Å². The normalized spacial score (nSPS) is 15.6. The van der Waals surface area contributed by atoms with Crippen molar-refractivity contribution >= 4 is 23.4 Å². The second-order valence-corrected chi connectivity index (χ2v) is 7.16. The Kier molecular flexibility index (Phi) is 5.81. The van der Waals surface area contributed by atoms with Gasteiger partial charge in [0.15, 0.2) is 0 Å². The SMILES string of the molecule is Fc1cccc(Cl)c1COc1cccc(CN2CCSCC2)c1. The lowest BCUT2D eigenvalue weighted by atomic mass is 10.2. The number of hydrogen-bond donors (Lipinski definition) is 0. The first kappa shape index (κ1) is 16.6. The van der Waals surface area contributed by atoms with Crippen LogP contribution in [0.3, 0.4) is 0 Å². The fourth-order valence-corrected chi connectivity index (χ4v) is 3.77. The van der Waals surface area contributed by atoms with Gasteiger partial charge in [0.05, 0.1) is 5.02 Å². The Morgan fingerprint density at radius 3 is 2.70 bits per heavy atom. The maximum atomic E-state index is 13.8. The van der Waals surface area contributed by atoms with Crippen LogP contribution >= 0.6 is 23.4 Å². The molecule has 0 bridgehead atoms. The van der Waals surface area contributed by atoms with Crippen LogP contribution < -0.4 is 4.74 Å². The molecule has 0 aliphatic carbocycles. The topological polar surface area (TPSA) is 12.5 Å². The molecular formula is C18H19ClFNOS. The van der Waals surface area contributed by atoms with Gasteiger partial charge in [0, 0.05) is 36.7 Å². The summed E-state index contributed by atoms with van der Waals surface area (Å²) in [7, 11) is 0. The van der Waals surface area contributed by atoms with Gasteiger partial charge in [-0.2, -0.15) is 11.8 Å². The molecule has 122 valence electrons. The van der Waals surface area contributed by atoms with Crippen LogP contribution in [0.2, 0.25) is 5.02 Å². The molecule has 5 heteroatoms. The highest BCUT2D eigenvalue weighted by atomic mass is 35.5. The van der Waals surface area contributed by atoms with Gasteiger partial charge in [0.25, 0.3) is 0 Å². The maximum Gasteiger partial charge on any atom is 0.131 e. The van der Waals surface area contributed by atoms with Crippen LogP contribution in [-0.2, 0) is 13.2 Å². The molecule has 0 spiro atoms. The molecule has 0 aromatic heterocycles. The van der Waals surface area contributed by atoms with Crippen LogP contribution in [0.5, 0.6) is 5.75 Å². The zero-order chi connectivity index (χ0) is 16.1. The van der Waals surface area contributed by atoms with Gasteiger partial charge in [-0.1, -0.05) is 29.8 Å². The summed E-state index contributed by atoms with van der Waals surface area (Å²) in [5.41, 5.74) is 1.61. The van der Waals surface area contributed by atoms with E-state index in [2.05, 4.69) is 11.0 Å². The highest BCUT2D eigenvalue weighted by molar-refractivity contribution is 7.99. The van der Waals surface area contributed by atoms with Crippen molar-refractivity contribution in [2.75, 3.05) is 24.6 Å². The maximum absolute atomic E-state index is 13.8. The average molecular weight is 352 g/mol. The number of nitrogens with zero attached hydrogens (tertiary/aromatic N) is 1. The molecule has 2 nitrogen and oxygen atoms in total. The standard InChI is InChI=1S/C18H19ClFNOS/c19-17-5-2-6-18(20)16(17)13-22-15-4-1-3-14(11-15)12-21-7-9-23-10-8-21/h1-6,11H,7-10,12-13H2. The fourth-order valence-electron chi connectivity index (χ4n) is 2.58. The quantitative estimate of drug-likeness (QED) is 0.780. The number of hydrogen-bond acceptors (Lipinski definition) is 3. The van der Waals surface area contributed by atoms with E-state index in [0.29, 0.717) is 10.6 Å². The van der Waals surface area contributed by atoms with Crippen molar-refractivity contribution in [3.63, 3.8) is 0 Å². The molecule has 2 aromatic rings. The zero-order valence-corrected chi connectivity index (χ0v) is 14.4. The van der Waals surface area contributed by atoms with Crippen LogP contribution in [0.4, 0.5) is 4.39 Å². The highest BCUT2D eigenvalue weighted by Crippen LogP contribution is 2.22. The van der Waals surface area contributed by atoms with E-state index in [1.54, 1.807) is 12.1 Å². The minimum Gasteiger partial charge on any atom is -0.489 e. The van der Waals surface area contributed by atoms with Crippen molar-refractivity contribution < 1.29 is 9.13 Å². The van der Waals surface area contributed by atoms with Crippen molar-refractivity contribution in [2.45, 2.75) is 13.2 Å². The summed E-state index contributed by atoms with van der Waals surface area (Å²) < 4.78 is 19.5. The summed E-state index contributed by atoms with van der Waals surface area (Å²) in [6.45, 7) is 3.31. The van der Waals surface area contributed by atoms with E-state index < -0.39 is 0 Å². The molecule has 1 aliphatic rings. The van der Waals surface area contributed by atoms with Gasteiger partial charge in [-0.3, -0.25) is 4.90 Å². The number of ether oxygens (including phenoxy) is 1. The molecule has 0 radical (unpaired) electrons. The van der Waals surface area contributed by atoms with Gasteiger partial charge < -0.3 is 4.74 Å². The van der Waals surface area contributed by atoms with Crippen molar-refractivity contribution in [3.8, 4) is 5.75 Å². The summed E-state index contributed by atoms with van der Waals surface area (Å²) in [6.07, 6.45) is 0. The Hall–Kier alpha value is -1.23. The van der Waals surface area contributed by atoms with Crippen molar-refractivity contribution in [1.29, 1.82) is 0 Å². The number of benzene rings is 2. The van der Waals surface area contributed by atoms with E-state index in [4.69, 9.17) is 16.3 Å². The minimum atomic E-state index is -0.334. The third kappa shape index (κ3) is 4.63. The molecule has 1 aliphatic heterocycles. The van der Waals surface area contributed by atoms with Gasteiger partial charge in [-0.05, 0) is 29.8 Å². The largest absolute Gasteiger partial charge is 0.489 e. The van der Waals surface area contributed by atoms with Gasteiger partial charge >= 0.3 is 0 Å². The molecular weight excluding hydrogens is 333 g/mol. The summed E-state index contributed by atoms with van der Waals surface area (Å²) in [5, 5.41) is 0.395. The van der Waals surface area contributed by atoms with Crippen LogP contribution in [0, 0.1) is 5.82 Å². The van der Waals surface area contributed by atoms with Crippen LogP contribution in [0.25, 0.3) is 0 Å². The van der Waals surface area contributed by atoms with Crippen molar-refractivity contribution in [3.05, 3.63) is 64.4 Å². The lowest BCUT2D eigenvalue weighted by molar-refractivity contribution is 0.288. The Bertz CT molecular complexity index is 641. The molecule has 1 fully saturated rings. The van der Waals surface area contributed by atoms with Gasteiger partial charge in [0.2, 0.25) is 0 Å². The second-order valence-electron chi connectivity index (χ2n) is 5.52. The summed E-state index contributed by atoms with van der Waals surface area (Å²) in [5.74, 6) is 2.80. The first-order chi connectivity index (χ1) is 11.2. The Labute approximate surface area is 145 Å². The van der Waals surface area contributed by atoms with E-state index in [1.807, 2.05) is 30.0 Å². The molecule has 0 amide bonds. The molecule has 0 N–H and O–H groups in total. The lowest BCUT2D eigenvalue weighted by Gasteiger charge is -2.26. The molecule has 0 saturated carbocycles. The first-order valence-corrected chi connectivity index (χ1v) is 9.20. The van der Waals surface area contributed by atoms with Gasteiger partial charge in [-0.25, -0.2) is 4.39 Å². The van der Waals surface area contributed by atoms with Gasteiger partial charge in [0.1, 0.15) is 18.2 Å². The average Bonchev–Trinajstić information content (AvgIpc) is 2.56. The minimum absolute atomic E-state index is 0.134. The smallest absolute Gasteiger partial charge is 0.131 e. The molecule has 0 unspecified atom stereocenters. The van der Waals surface area contributed by atoms with Crippen molar-refractivity contribution in [2.24, 2.45) is 0 Å². The third-order valence-corrected chi connectivity index (χ3v) is 5.15. The second kappa shape index (κ2) is 8.04. The number of thioether (sulfide) groups is 1. The zero-order valence-electron chi connectivity index (χ0n) is 12.8. The first-order valence-electron chi connectivity index (χ1n) is 7.67. The van der Waals surface area contributed by atoms with E-state index in [-0.39, 0.29) is 12.4 Å². The monoisotopic (exact) mass is 351 g/mol.